The summed E-state index contributed by atoms with van der Waals surface area (Å²) in [7, 11) is 0. The molecule has 3 aliphatic rings. The van der Waals surface area contributed by atoms with Crippen LogP contribution in [0.5, 0.6) is 5.75 Å². The minimum Gasteiger partial charge on any atom is -0.484 e. The minimum absolute atomic E-state index is 0. The Balaban J connectivity index is 0.00000562. The van der Waals surface area contributed by atoms with Gasteiger partial charge in [-0.3, -0.25) is 28.5 Å². The number of fused-ring (bicyclic) bond motifs is 3. The molecule has 1 aromatic heterocycles. The number of nitrogens with zero attached hydrogens (tertiary/aromatic N) is 4. The largest absolute Gasteiger partial charge is 0.484 e. The number of hydrogen-bond donors (Lipinski definition) is 4. The number of carbonyl (C=O) groups is 5. The van der Waals surface area contributed by atoms with E-state index in [-0.39, 0.29) is 38.0 Å². The van der Waals surface area contributed by atoms with Gasteiger partial charge < -0.3 is 35.6 Å². The van der Waals surface area contributed by atoms with Crippen LogP contribution in [0.4, 0.5) is 0 Å². The molecule has 2 fully saturated rings. The van der Waals surface area contributed by atoms with E-state index in [4.69, 9.17) is 4.74 Å². The van der Waals surface area contributed by atoms with Crippen molar-refractivity contribution in [3.63, 3.8) is 0 Å². The molecule has 0 radical (unpaired) electrons. The van der Waals surface area contributed by atoms with E-state index in [0.29, 0.717) is 68.9 Å². The van der Waals surface area contributed by atoms with Gasteiger partial charge in [0.05, 0.1) is 6.61 Å². The third-order valence-corrected chi connectivity index (χ3v) is 9.70. The number of aryl methyl sites for hydroxylation is 2. The average Bonchev–Trinajstić information content (AvgIpc) is 3.57. The van der Waals surface area contributed by atoms with E-state index in [9.17, 15) is 33.9 Å². The number of piperidine rings is 1. The molecule has 16 heteroatoms. The lowest BCUT2D eigenvalue weighted by Gasteiger charge is -2.42. The third kappa shape index (κ3) is 8.99. The van der Waals surface area contributed by atoms with E-state index >= 15 is 0 Å². The van der Waals surface area contributed by atoms with Crippen LogP contribution in [0.25, 0.3) is 0 Å². The van der Waals surface area contributed by atoms with Crippen molar-refractivity contribution in [3.8, 4) is 5.75 Å². The molecule has 272 valence electrons. The third-order valence-electron chi connectivity index (χ3n) is 9.70. The molecule has 3 aliphatic heterocycles. The van der Waals surface area contributed by atoms with Gasteiger partial charge in [0.15, 0.2) is 6.61 Å². The highest BCUT2D eigenvalue weighted by Crippen LogP contribution is 2.36. The lowest BCUT2D eigenvalue weighted by Crippen LogP contribution is -2.57. The molecule has 3 atom stereocenters. The highest BCUT2D eigenvalue weighted by molar-refractivity contribution is 5.94. The number of aromatic nitrogens is 2. The van der Waals surface area contributed by atoms with E-state index < -0.39 is 59.5 Å². The molecule has 0 unspecified atom stereocenters. The number of hydrogen-bond acceptors (Lipinski definition) is 9. The van der Waals surface area contributed by atoms with Crippen LogP contribution in [-0.2, 0) is 36.9 Å². The zero-order valence-electron chi connectivity index (χ0n) is 28.6. The van der Waals surface area contributed by atoms with Gasteiger partial charge in [0.2, 0.25) is 23.6 Å². The van der Waals surface area contributed by atoms with Crippen molar-refractivity contribution in [2.75, 3.05) is 39.4 Å². The van der Waals surface area contributed by atoms with Gasteiger partial charge in [-0.1, -0.05) is 12.1 Å². The molecule has 15 nitrogen and oxygen atoms in total. The maximum absolute atomic E-state index is 13.4. The predicted molar refractivity (Wildman–Crippen MR) is 183 cm³/mol. The molecule has 5 rings (SSSR count). The van der Waals surface area contributed by atoms with Gasteiger partial charge in [-0.25, -0.2) is 4.79 Å². The first kappa shape index (κ1) is 38.3. The molecule has 0 saturated carbocycles. The summed E-state index contributed by atoms with van der Waals surface area (Å²) in [5.41, 5.74) is 1.12. The Morgan fingerprint density at radius 2 is 1.78 bits per heavy atom. The summed E-state index contributed by atoms with van der Waals surface area (Å²) in [5, 5.41) is 18.3. The number of amides is 5. The summed E-state index contributed by atoms with van der Waals surface area (Å²) < 4.78 is 7.14. The number of ether oxygens (including phenoxy) is 1. The maximum atomic E-state index is 13.4. The van der Waals surface area contributed by atoms with Gasteiger partial charge in [0, 0.05) is 37.6 Å². The molecule has 1 aromatic carbocycles. The number of carbonyl (C=O) groups excluding carboxylic acids is 5. The van der Waals surface area contributed by atoms with E-state index in [1.54, 1.807) is 37.8 Å². The standard InChI is InChI=1S/C34H45N7O8.ClH/c1-21-14-22(2)41(33(48)36-21)17-29(44)39-12-9-34(10-13-39)16-24-6-4-7-25(15-24)49-19-28(43)37-23(3)32(47)40-11-5-8-27(40)31(46)38-26(18-42)30(45)35-20-34;/h4,6-7,14-15,23,26-27,42H,5,8-13,16-20H2,1-3H3,(H,35,45)(H,37,43)(H,38,46);1H/t23-,26-,27-;/m0./s1. The van der Waals surface area contributed by atoms with Crippen molar-refractivity contribution in [3.05, 3.63) is 57.8 Å². The van der Waals surface area contributed by atoms with Crippen LogP contribution >= 0.6 is 12.4 Å². The quantitative estimate of drug-likeness (QED) is 0.328. The zero-order chi connectivity index (χ0) is 35.3. The Bertz CT molecular complexity index is 1660. The molecule has 50 heavy (non-hydrogen) atoms. The number of nitrogens with one attached hydrogen (secondary N) is 3. The van der Waals surface area contributed by atoms with Gasteiger partial charge in [-0.05, 0) is 82.1 Å². The number of halogens is 1. The Hall–Kier alpha value is -4.50. The van der Waals surface area contributed by atoms with Crippen molar-refractivity contribution < 1.29 is 33.8 Å². The predicted octanol–water partition coefficient (Wildman–Crippen LogP) is -0.385. The number of aliphatic hydroxyl groups is 1. The van der Waals surface area contributed by atoms with E-state index in [2.05, 4.69) is 20.9 Å². The van der Waals surface area contributed by atoms with Crippen LogP contribution in [0.2, 0.25) is 0 Å². The molecule has 1 spiro atoms. The first-order valence-electron chi connectivity index (χ1n) is 16.7. The van der Waals surface area contributed by atoms with Crippen molar-refractivity contribution in [1.29, 1.82) is 0 Å². The average molecular weight is 716 g/mol. The van der Waals surface area contributed by atoms with Crippen LogP contribution in [0.3, 0.4) is 0 Å². The molecule has 0 aliphatic carbocycles. The molecule has 2 saturated heterocycles. The molecule has 4 N–H and O–H groups in total. The second kappa shape index (κ2) is 16.5. The first-order valence-corrected chi connectivity index (χ1v) is 16.7. The lowest BCUT2D eigenvalue weighted by molar-refractivity contribution is -0.142. The molecule has 2 bridgehead atoms. The molecular weight excluding hydrogens is 670 g/mol. The van der Waals surface area contributed by atoms with Crippen LogP contribution in [0.15, 0.2) is 35.1 Å². The molecule has 4 heterocycles. The Labute approximate surface area is 296 Å². The molecular formula is C34H46ClN7O8. The Morgan fingerprint density at radius 1 is 1.04 bits per heavy atom. The topological polar surface area (TPSA) is 192 Å². The SMILES string of the molecule is Cc1cc(C)n(CC(=O)N2CCC3(CC2)CNC(=O)[C@H](CO)NC(=O)[C@@H]2CCCN2C(=O)[C@H](C)NC(=O)COc2cccc(c2)C3)c(=O)n1.Cl. The highest BCUT2D eigenvalue weighted by Gasteiger charge is 2.40. The fraction of sp³-hybridized carbons (Fsp3) is 0.559. The van der Waals surface area contributed by atoms with Crippen molar-refractivity contribution in [2.24, 2.45) is 5.41 Å². The fourth-order valence-corrected chi connectivity index (χ4v) is 6.93. The smallest absolute Gasteiger partial charge is 0.348 e. The summed E-state index contributed by atoms with van der Waals surface area (Å²) >= 11 is 0. The summed E-state index contributed by atoms with van der Waals surface area (Å²) in [6.07, 6.45) is 2.47. The Morgan fingerprint density at radius 3 is 2.48 bits per heavy atom. The summed E-state index contributed by atoms with van der Waals surface area (Å²) in [6, 6.07) is 6.02. The normalized spacial score (nSPS) is 23.2. The number of benzene rings is 1. The van der Waals surface area contributed by atoms with Gasteiger partial charge in [0.25, 0.3) is 5.91 Å². The van der Waals surface area contributed by atoms with Gasteiger partial charge in [0.1, 0.15) is 30.4 Å². The second-order valence-electron chi connectivity index (χ2n) is 13.3. The van der Waals surface area contributed by atoms with Gasteiger partial charge in [-0.15, -0.1) is 12.4 Å². The number of rotatable bonds is 3. The molecule has 2 aromatic rings. The van der Waals surface area contributed by atoms with Crippen molar-refractivity contribution >= 4 is 41.9 Å². The monoisotopic (exact) mass is 715 g/mol. The van der Waals surface area contributed by atoms with E-state index in [0.717, 1.165) is 5.56 Å². The van der Waals surface area contributed by atoms with Gasteiger partial charge in [-0.2, -0.15) is 4.98 Å². The zero-order valence-corrected chi connectivity index (χ0v) is 29.4. The first-order chi connectivity index (χ1) is 23.4. The Kier molecular flexibility index (Phi) is 12.6. The maximum Gasteiger partial charge on any atom is 0.348 e. The lowest BCUT2D eigenvalue weighted by atomic mass is 9.73. The van der Waals surface area contributed by atoms with Crippen LogP contribution in [0, 0.1) is 19.3 Å². The van der Waals surface area contributed by atoms with Gasteiger partial charge >= 0.3 is 5.69 Å². The fourth-order valence-electron chi connectivity index (χ4n) is 6.93. The second-order valence-corrected chi connectivity index (χ2v) is 13.3. The minimum atomic E-state index is -1.25. The number of aliphatic hydroxyl groups excluding tert-OH is 1. The van der Waals surface area contributed by atoms with Crippen LogP contribution in [0.1, 0.15) is 49.6 Å². The number of likely N-dealkylation sites (tertiary alicyclic amines) is 1. The van der Waals surface area contributed by atoms with Crippen molar-refractivity contribution in [2.45, 2.75) is 77.5 Å². The molecule has 5 amide bonds. The van der Waals surface area contributed by atoms with Crippen LogP contribution < -0.4 is 26.4 Å². The van der Waals surface area contributed by atoms with E-state index in [1.807, 2.05) is 18.2 Å². The van der Waals surface area contributed by atoms with E-state index in [1.165, 1.54) is 9.47 Å². The summed E-state index contributed by atoms with van der Waals surface area (Å²) in [4.78, 5) is 85.5. The summed E-state index contributed by atoms with van der Waals surface area (Å²) in [5.74, 6) is -1.81. The van der Waals surface area contributed by atoms with Crippen molar-refractivity contribution in [1.82, 2.24) is 35.3 Å². The summed E-state index contributed by atoms with van der Waals surface area (Å²) in [6.45, 7) is 5.20. The highest BCUT2D eigenvalue weighted by atomic mass is 35.5. The van der Waals surface area contributed by atoms with Crippen LogP contribution in [-0.4, -0.2) is 112 Å².